The van der Waals surface area contributed by atoms with Crippen molar-refractivity contribution < 1.29 is 46.8 Å². The normalized spacial score (nSPS) is 21.0. The fourth-order valence-electron chi connectivity index (χ4n) is 5.28. The largest absolute Gasteiger partial charge is 0.494 e. The average Bonchev–Trinajstić information content (AvgIpc) is 3.33. The number of amides is 1. The van der Waals surface area contributed by atoms with Crippen molar-refractivity contribution in [2.75, 3.05) is 19.0 Å². The number of hydrogen-bond acceptors (Lipinski definition) is 8. The second-order valence-electron chi connectivity index (χ2n) is 10.9. The third-order valence-corrected chi connectivity index (χ3v) is 7.54. The van der Waals surface area contributed by atoms with E-state index in [2.05, 4.69) is 4.98 Å². The molecule has 5 rings (SSSR count). The summed E-state index contributed by atoms with van der Waals surface area (Å²) in [7, 11) is 1.24. The topological polar surface area (TPSA) is 108 Å². The zero-order chi connectivity index (χ0) is 33.3. The minimum atomic E-state index is -5.18. The van der Waals surface area contributed by atoms with Crippen LogP contribution < -0.4 is 10.1 Å². The van der Waals surface area contributed by atoms with Crippen LogP contribution in [0, 0.1) is 0 Å². The van der Waals surface area contributed by atoms with Crippen LogP contribution in [-0.4, -0.2) is 60.0 Å². The van der Waals surface area contributed by atoms with Crippen LogP contribution in [-0.2, 0) is 50.0 Å². The van der Waals surface area contributed by atoms with Crippen molar-refractivity contribution in [3.8, 4) is 5.75 Å². The summed E-state index contributed by atoms with van der Waals surface area (Å²) in [5.74, 6) is -4.50. The van der Waals surface area contributed by atoms with E-state index in [1.54, 1.807) is 0 Å². The molecule has 0 aliphatic carbocycles. The predicted octanol–water partition coefficient (Wildman–Crippen LogP) is 5.61. The van der Waals surface area contributed by atoms with E-state index in [1.807, 2.05) is 96.3 Å². The number of aliphatic hydroxyl groups is 1. The van der Waals surface area contributed by atoms with Gasteiger partial charge in [0.2, 0.25) is 5.79 Å². The Morgan fingerprint density at radius 1 is 0.872 bits per heavy atom. The molecule has 0 bridgehead atoms. The van der Waals surface area contributed by atoms with Gasteiger partial charge in [0.1, 0.15) is 29.7 Å². The average molecular weight is 653 g/mol. The molecule has 0 saturated carbocycles. The summed E-state index contributed by atoms with van der Waals surface area (Å²) >= 11 is 0. The Morgan fingerprint density at radius 3 is 1.98 bits per heavy atom. The van der Waals surface area contributed by atoms with Crippen molar-refractivity contribution >= 4 is 11.6 Å². The molecule has 0 spiro atoms. The van der Waals surface area contributed by atoms with Gasteiger partial charge in [0.25, 0.3) is 0 Å². The molecule has 1 aromatic heterocycles. The van der Waals surface area contributed by atoms with E-state index in [9.17, 15) is 23.1 Å². The van der Waals surface area contributed by atoms with Gasteiger partial charge in [-0.15, -0.1) is 0 Å². The summed E-state index contributed by atoms with van der Waals surface area (Å²) < 4.78 is 70.0. The lowest BCUT2D eigenvalue weighted by Gasteiger charge is -2.31. The van der Waals surface area contributed by atoms with Crippen LogP contribution in [0.3, 0.4) is 0 Å². The highest BCUT2D eigenvalue weighted by molar-refractivity contribution is 5.96. The summed E-state index contributed by atoms with van der Waals surface area (Å²) in [5, 5.41) is 14.1. The molecule has 0 unspecified atom stereocenters. The Labute approximate surface area is 270 Å². The van der Waals surface area contributed by atoms with E-state index in [0.717, 1.165) is 16.7 Å². The third kappa shape index (κ3) is 8.93. The third-order valence-electron chi connectivity index (χ3n) is 7.54. The zero-order valence-electron chi connectivity index (χ0n) is 25.6. The number of anilines is 1. The Balaban J connectivity index is 1.47. The molecule has 248 valence electrons. The van der Waals surface area contributed by atoms with Crippen LogP contribution in [0.1, 0.15) is 22.4 Å². The predicted molar refractivity (Wildman–Crippen MR) is 165 cm³/mol. The van der Waals surface area contributed by atoms with Crippen molar-refractivity contribution in [1.29, 1.82) is 0 Å². The number of rotatable bonds is 14. The molecule has 3 aromatic carbocycles. The monoisotopic (exact) mass is 652 g/mol. The summed E-state index contributed by atoms with van der Waals surface area (Å²) in [6.45, 7) is 0.453. The van der Waals surface area contributed by atoms with Crippen LogP contribution in [0.25, 0.3) is 0 Å². The van der Waals surface area contributed by atoms with Crippen molar-refractivity contribution in [1.82, 2.24) is 4.98 Å². The SMILES string of the molecule is COc1ccnc(C[C@]2(O)O[C@H](COCc3ccccc3)[C@@H](OCc3ccccc3)[C@H]2OCc2ccccc2)c1NC(=O)C(F)(F)F. The molecule has 4 atom stereocenters. The first-order valence-electron chi connectivity index (χ1n) is 14.9. The maximum atomic E-state index is 13.3. The number of nitrogens with one attached hydrogen (secondary N) is 1. The quantitative estimate of drug-likeness (QED) is 0.181. The molecular weight excluding hydrogens is 617 g/mol. The second kappa shape index (κ2) is 15.5. The molecule has 2 N–H and O–H groups in total. The minimum Gasteiger partial charge on any atom is -0.494 e. The van der Waals surface area contributed by atoms with Gasteiger partial charge in [-0.1, -0.05) is 91.0 Å². The van der Waals surface area contributed by atoms with E-state index in [4.69, 9.17) is 23.7 Å². The number of carbonyl (C=O) groups is 1. The number of halogens is 3. The van der Waals surface area contributed by atoms with E-state index in [-0.39, 0.29) is 43.6 Å². The maximum Gasteiger partial charge on any atom is 0.471 e. The molecule has 1 aliphatic rings. The van der Waals surface area contributed by atoms with Crippen LogP contribution in [0.15, 0.2) is 103 Å². The highest BCUT2D eigenvalue weighted by Crippen LogP contribution is 2.40. The van der Waals surface area contributed by atoms with Gasteiger partial charge >= 0.3 is 12.1 Å². The van der Waals surface area contributed by atoms with Gasteiger partial charge in [-0.3, -0.25) is 9.78 Å². The highest BCUT2D eigenvalue weighted by Gasteiger charge is 2.56. The lowest BCUT2D eigenvalue weighted by Crippen LogP contribution is -2.48. The van der Waals surface area contributed by atoms with E-state index in [1.165, 1.54) is 19.4 Å². The summed E-state index contributed by atoms with van der Waals surface area (Å²) in [4.78, 5) is 16.2. The van der Waals surface area contributed by atoms with Crippen LogP contribution in [0.5, 0.6) is 5.75 Å². The van der Waals surface area contributed by atoms with Gasteiger partial charge in [-0.2, -0.15) is 13.2 Å². The first-order valence-corrected chi connectivity index (χ1v) is 14.9. The van der Waals surface area contributed by atoms with Crippen LogP contribution in [0.4, 0.5) is 18.9 Å². The number of alkyl halides is 3. The minimum absolute atomic E-state index is 0.00887. The summed E-state index contributed by atoms with van der Waals surface area (Å²) in [5.41, 5.74) is 2.11. The van der Waals surface area contributed by atoms with Crippen molar-refractivity contribution in [2.24, 2.45) is 0 Å². The van der Waals surface area contributed by atoms with E-state index >= 15 is 0 Å². The Hall–Kier alpha value is -4.33. The number of hydrogen-bond donors (Lipinski definition) is 2. The van der Waals surface area contributed by atoms with Crippen molar-refractivity contribution in [3.63, 3.8) is 0 Å². The standard InChI is InChI=1S/C35H35F3N2O7/c1-43-28-17-18-39-27(30(28)40-33(41)35(36,37)38)19-34(42)32(46-22-26-15-9-4-10-16-26)31(45-21-25-13-7-3-8-14-25)29(47-34)23-44-20-24-11-5-2-6-12-24/h2-18,29,31-32,42H,19-23H2,1H3,(H,40,41)/t29-,31-,32-,34+/m1/s1. The zero-order valence-corrected chi connectivity index (χ0v) is 25.6. The molecule has 2 heterocycles. The van der Waals surface area contributed by atoms with Crippen molar-refractivity contribution in [3.05, 3.63) is 126 Å². The lowest BCUT2D eigenvalue weighted by atomic mass is 9.98. The lowest BCUT2D eigenvalue weighted by molar-refractivity contribution is -0.243. The molecule has 9 nitrogen and oxygen atoms in total. The highest BCUT2D eigenvalue weighted by atomic mass is 19.4. The van der Waals surface area contributed by atoms with Crippen LogP contribution in [0.2, 0.25) is 0 Å². The van der Waals surface area contributed by atoms with Gasteiger partial charge in [-0.25, -0.2) is 0 Å². The molecule has 1 fully saturated rings. The summed E-state index contributed by atoms with van der Waals surface area (Å²) in [6, 6.07) is 29.4. The molecular formula is C35H35F3N2O7. The number of pyridine rings is 1. The summed E-state index contributed by atoms with van der Waals surface area (Å²) in [6.07, 6.45) is -7.31. The maximum absolute atomic E-state index is 13.3. The smallest absolute Gasteiger partial charge is 0.471 e. The van der Waals surface area contributed by atoms with Gasteiger partial charge in [-0.05, 0) is 16.7 Å². The van der Waals surface area contributed by atoms with Crippen molar-refractivity contribution in [2.45, 2.75) is 56.5 Å². The van der Waals surface area contributed by atoms with Gasteiger partial charge in [0.15, 0.2) is 0 Å². The Bertz CT molecular complexity index is 1580. The van der Waals surface area contributed by atoms with Crippen LogP contribution >= 0.6 is 0 Å². The first kappa shape index (κ1) is 34.0. The fraction of sp³-hybridized carbons (Fsp3) is 0.314. The first-order chi connectivity index (χ1) is 22.7. The molecule has 12 heteroatoms. The molecule has 1 saturated heterocycles. The van der Waals surface area contributed by atoms with E-state index < -0.39 is 42.6 Å². The van der Waals surface area contributed by atoms with Gasteiger partial charge < -0.3 is 34.1 Å². The second-order valence-corrected chi connectivity index (χ2v) is 10.9. The number of methoxy groups -OCH3 is 1. The Morgan fingerprint density at radius 2 is 1.43 bits per heavy atom. The number of carbonyl (C=O) groups excluding carboxylic acids is 1. The van der Waals surface area contributed by atoms with Gasteiger partial charge in [0.05, 0.1) is 39.2 Å². The van der Waals surface area contributed by atoms with Gasteiger partial charge in [0, 0.05) is 18.7 Å². The number of aromatic nitrogens is 1. The molecule has 1 amide bonds. The van der Waals surface area contributed by atoms with E-state index in [0.29, 0.717) is 0 Å². The molecule has 1 aliphatic heterocycles. The Kier molecular flexibility index (Phi) is 11.2. The number of nitrogens with zero attached hydrogens (tertiary/aromatic N) is 1. The number of benzene rings is 3. The number of ether oxygens (including phenoxy) is 5. The fourth-order valence-corrected chi connectivity index (χ4v) is 5.28. The molecule has 4 aromatic rings. The molecule has 47 heavy (non-hydrogen) atoms. The molecule has 0 radical (unpaired) electrons.